The molecule has 3 atom stereocenters. The molecule has 2 aliphatic rings. The van der Waals surface area contributed by atoms with Crippen molar-refractivity contribution in [2.24, 2.45) is 17.1 Å². The number of nitrogens with one attached hydrogen (secondary N) is 1. The summed E-state index contributed by atoms with van der Waals surface area (Å²) >= 11 is 0. The van der Waals surface area contributed by atoms with Crippen LogP contribution in [0.1, 0.15) is 46.5 Å². The summed E-state index contributed by atoms with van der Waals surface area (Å²) in [6.07, 6.45) is 4.61. The fraction of sp³-hybridized carbons (Fsp3) is 0.929. The van der Waals surface area contributed by atoms with Crippen LogP contribution < -0.4 is 11.1 Å². The second kappa shape index (κ2) is 5.08. The molecule has 0 aromatic rings. The van der Waals surface area contributed by atoms with Gasteiger partial charge in [0.1, 0.15) is 0 Å². The van der Waals surface area contributed by atoms with Gasteiger partial charge in [-0.05, 0) is 38.6 Å². The summed E-state index contributed by atoms with van der Waals surface area (Å²) < 4.78 is 0. The molecule has 1 heterocycles. The Balaban J connectivity index is 2.00. The molecule has 0 bridgehead atoms. The number of amides is 2. The van der Waals surface area contributed by atoms with E-state index in [2.05, 4.69) is 26.1 Å². The zero-order valence-corrected chi connectivity index (χ0v) is 11.9. The van der Waals surface area contributed by atoms with Crippen LogP contribution in [0.4, 0.5) is 4.79 Å². The molecule has 0 spiro atoms. The summed E-state index contributed by atoms with van der Waals surface area (Å²) in [6.45, 7) is 7.94. The van der Waals surface area contributed by atoms with Crippen LogP contribution in [-0.2, 0) is 0 Å². The maximum atomic E-state index is 12.3. The third-order valence-electron chi connectivity index (χ3n) is 5.10. The zero-order valence-electron chi connectivity index (χ0n) is 11.9. The maximum absolute atomic E-state index is 12.3. The zero-order chi connectivity index (χ0) is 13.3. The van der Waals surface area contributed by atoms with Crippen molar-refractivity contribution in [1.82, 2.24) is 10.2 Å². The number of hydrogen-bond donors (Lipinski definition) is 2. The fourth-order valence-electron chi connectivity index (χ4n) is 3.42. The van der Waals surface area contributed by atoms with Crippen LogP contribution in [0.5, 0.6) is 0 Å². The van der Waals surface area contributed by atoms with Crippen molar-refractivity contribution in [1.29, 1.82) is 0 Å². The van der Waals surface area contributed by atoms with Crippen molar-refractivity contribution in [3.05, 3.63) is 0 Å². The van der Waals surface area contributed by atoms with Gasteiger partial charge in [-0.2, -0.15) is 0 Å². The molecule has 104 valence electrons. The Morgan fingerprint density at radius 3 is 2.78 bits per heavy atom. The summed E-state index contributed by atoms with van der Waals surface area (Å²) in [5.41, 5.74) is 6.18. The van der Waals surface area contributed by atoms with Crippen molar-refractivity contribution in [3.63, 3.8) is 0 Å². The third kappa shape index (κ3) is 2.22. The number of carbonyl (C=O) groups excluding carboxylic acids is 1. The average molecular weight is 253 g/mol. The number of nitrogens with two attached hydrogens (primary N) is 1. The highest BCUT2D eigenvalue weighted by Gasteiger charge is 2.50. The number of urea groups is 1. The van der Waals surface area contributed by atoms with Gasteiger partial charge in [-0.15, -0.1) is 0 Å². The first-order valence-electron chi connectivity index (χ1n) is 7.27. The topological polar surface area (TPSA) is 58.4 Å². The van der Waals surface area contributed by atoms with Gasteiger partial charge in [0.2, 0.25) is 0 Å². The molecule has 1 unspecified atom stereocenters. The molecule has 1 aliphatic carbocycles. The lowest BCUT2D eigenvalue weighted by Gasteiger charge is -2.32. The first kappa shape index (κ1) is 13.7. The first-order chi connectivity index (χ1) is 8.50. The summed E-state index contributed by atoms with van der Waals surface area (Å²) in [6, 6.07) is 0.715. The van der Waals surface area contributed by atoms with E-state index in [9.17, 15) is 4.79 Å². The Bertz CT molecular complexity index is 318. The Hall–Kier alpha value is -0.770. The molecule has 0 aromatic carbocycles. The normalized spacial score (nSPS) is 32.7. The summed E-state index contributed by atoms with van der Waals surface area (Å²) in [5.74, 6) is 0.472. The van der Waals surface area contributed by atoms with E-state index >= 15 is 0 Å². The smallest absolute Gasteiger partial charge is 0.317 e. The van der Waals surface area contributed by atoms with Gasteiger partial charge in [0.15, 0.2) is 0 Å². The standard InChI is InChI=1S/C14H27N3O/c1-10(2)11(3)16-13(18)17-8-7-14(9-15)6-4-5-12(14)17/h10-12H,4-9,15H2,1-3H3,(H,16,18)/t11?,12-,14-/m0/s1. The minimum atomic E-state index is 0.110. The van der Waals surface area contributed by atoms with Crippen molar-refractivity contribution in [2.45, 2.75) is 58.5 Å². The van der Waals surface area contributed by atoms with Crippen LogP contribution in [0.2, 0.25) is 0 Å². The first-order valence-corrected chi connectivity index (χ1v) is 7.27. The van der Waals surface area contributed by atoms with E-state index in [1.165, 1.54) is 12.8 Å². The molecule has 2 rings (SSSR count). The van der Waals surface area contributed by atoms with Crippen molar-refractivity contribution >= 4 is 6.03 Å². The second-order valence-corrected chi connectivity index (χ2v) is 6.40. The predicted octanol–water partition coefficient (Wildman–Crippen LogP) is 1.94. The van der Waals surface area contributed by atoms with Crippen LogP contribution in [0.15, 0.2) is 0 Å². The van der Waals surface area contributed by atoms with Gasteiger partial charge in [0.05, 0.1) is 0 Å². The lowest BCUT2D eigenvalue weighted by molar-refractivity contribution is 0.168. The van der Waals surface area contributed by atoms with E-state index in [0.717, 1.165) is 25.9 Å². The summed E-state index contributed by atoms with van der Waals surface area (Å²) in [4.78, 5) is 14.4. The number of carbonyl (C=O) groups is 1. The van der Waals surface area contributed by atoms with Gasteiger partial charge < -0.3 is 16.0 Å². The summed E-state index contributed by atoms with van der Waals surface area (Å²) in [5, 5.41) is 3.12. The molecular formula is C14H27N3O. The number of likely N-dealkylation sites (tertiary alicyclic amines) is 1. The van der Waals surface area contributed by atoms with Gasteiger partial charge in [-0.3, -0.25) is 0 Å². The average Bonchev–Trinajstić information content (AvgIpc) is 2.86. The molecule has 0 aromatic heterocycles. The lowest BCUT2D eigenvalue weighted by Crippen LogP contribution is -2.49. The number of hydrogen-bond acceptors (Lipinski definition) is 2. The number of fused-ring (bicyclic) bond motifs is 1. The van der Waals surface area contributed by atoms with E-state index in [1.54, 1.807) is 0 Å². The maximum Gasteiger partial charge on any atom is 0.317 e. The Kier molecular flexibility index (Phi) is 3.85. The number of nitrogens with zero attached hydrogens (tertiary/aromatic N) is 1. The van der Waals surface area contributed by atoms with Crippen LogP contribution in [0.3, 0.4) is 0 Å². The van der Waals surface area contributed by atoms with Gasteiger partial charge in [-0.25, -0.2) is 4.79 Å². The van der Waals surface area contributed by atoms with Crippen LogP contribution >= 0.6 is 0 Å². The van der Waals surface area contributed by atoms with E-state index in [4.69, 9.17) is 5.73 Å². The molecule has 4 nitrogen and oxygen atoms in total. The van der Waals surface area contributed by atoms with Crippen molar-refractivity contribution < 1.29 is 4.79 Å². The van der Waals surface area contributed by atoms with E-state index in [0.29, 0.717) is 12.0 Å². The third-order valence-corrected chi connectivity index (χ3v) is 5.10. The molecule has 2 fully saturated rings. The van der Waals surface area contributed by atoms with Gasteiger partial charge in [0.25, 0.3) is 0 Å². The van der Waals surface area contributed by atoms with E-state index in [-0.39, 0.29) is 17.5 Å². The minimum absolute atomic E-state index is 0.110. The highest BCUT2D eigenvalue weighted by Crippen LogP contribution is 2.47. The Morgan fingerprint density at radius 1 is 1.44 bits per heavy atom. The molecule has 0 radical (unpaired) electrons. The van der Waals surface area contributed by atoms with Crippen LogP contribution in [0.25, 0.3) is 0 Å². The van der Waals surface area contributed by atoms with Crippen LogP contribution in [0, 0.1) is 11.3 Å². The van der Waals surface area contributed by atoms with Crippen molar-refractivity contribution in [3.8, 4) is 0 Å². The highest BCUT2D eigenvalue weighted by atomic mass is 16.2. The van der Waals surface area contributed by atoms with Crippen LogP contribution in [-0.4, -0.2) is 36.1 Å². The lowest BCUT2D eigenvalue weighted by atomic mass is 9.82. The predicted molar refractivity (Wildman–Crippen MR) is 73.3 cm³/mol. The van der Waals surface area contributed by atoms with Crippen molar-refractivity contribution in [2.75, 3.05) is 13.1 Å². The fourth-order valence-corrected chi connectivity index (χ4v) is 3.42. The quantitative estimate of drug-likeness (QED) is 0.807. The molecular weight excluding hydrogens is 226 g/mol. The molecule has 4 heteroatoms. The molecule has 1 aliphatic heterocycles. The monoisotopic (exact) mass is 253 g/mol. The van der Waals surface area contributed by atoms with Gasteiger partial charge >= 0.3 is 6.03 Å². The second-order valence-electron chi connectivity index (χ2n) is 6.40. The molecule has 2 amide bonds. The van der Waals surface area contributed by atoms with E-state index < -0.39 is 0 Å². The molecule has 1 saturated heterocycles. The Morgan fingerprint density at radius 2 is 2.17 bits per heavy atom. The molecule has 18 heavy (non-hydrogen) atoms. The largest absolute Gasteiger partial charge is 0.335 e. The minimum Gasteiger partial charge on any atom is -0.335 e. The van der Waals surface area contributed by atoms with Gasteiger partial charge in [0, 0.05) is 24.0 Å². The Labute approximate surface area is 110 Å². The molecule has 3 N–H and O–H groups in total. The highest BCUT2D eigenvalue weighted by molar-refractivity contribution is 5.75. The number of rotatable bonds is 3. The summed E-state index contributed by atoms with van der Waals surface area (Å²) in [7, 11) is 0. The molecule has 1 saturated carbocycles. The van der Waals surface area contributed by atoms with E-state index in [1.807, 2.05) is 4.90 Å². The van der Waals surface area contributed by atoms with Gasteiger partial charge in [-0.1, -0.05) is 20.3 Å². The SMILES string of the molecule is CC(C)C(C)NC(=O)N1CC[C@]2(CN)CCC[C@H]12.